The van der Waals surface area contributed by atoms with Crippen molar-refractivity contribution < 1.29 is 53.1 Å². The molecule has 44 heavy (non-hydrogen) atoms. The van der Waals surface area contributed by atoms with Crippen LogP contribution in [0.25, 0.3) is 0 Å². The van der Waals surface area contributed by atoms with Gasteiger partial charge in [-0.15, -0.1) is 0 Å². The lowest BCUT2D eigenvalue weighted by atomic mass is 10.1. The summed E-state index contributed by atoms with van der Waals surface area (Å²) < 4.78 is 21.0. The van der Waals surface area contributed by atoms with E-state index in [1.807, 2.05) is 13.8 Å². The van der Waals surface area contributed by atoms with Crippen LogP contribution in [0.3, 0.4) is 0 Å². The quantitative estimate of drug-likeness (QED) is 0.479. The van der Waals surface area contributed by atoms with Gasteiger partial charge in [-0.1, -0.05) is 24.3 Å². The van der Waals surface area contributed by atoms with E-state index in [2.05, 4.69) is 0 Å². The number of hydrogen-bond donors (Lipinski definition) is 2. The smallest absolute Gasteiger partial charge is 0.261 e. The summed E-state index contributed by atoms with van der Waals surface area (Å²) in [7, 11) is 0. The number of imide groups is 2. The molecule has 0 saturated carbocycles. The van der Waals surface area contributed by atoms with E-state index in [1.54, 1.807) is 62.4 Å². The zero-order chi connectivity index (χ0) is 32.2. The second-order valence-electron chi connectivity index (χ2n) is 11.3. The maximum atomic E-state index is 12.3. The molecule has 4 aliphatic rings. The van der Waals surface area contributed by atoms with Crippen LogP contribution in [-0.2, 0) is 23.7 Å². The molecule has 6 rings (SSSR count). The lowest BCUT2D eigenvalue weighted by Gasteiger charge is -2.37. The molecule has 0 unspecified atom stereocenters. The van der Waals surface area contributed by atoms with Crippen LogP contribution in [-0.4, -0.2) is 113 Å². The number of hydrogen-bond acceptors (Lipinski definition) is 11. The first-order valence-corrected chi connectivity index (χ1v) is 14.0. The van der Waals surface area contributed by atoms with Crippen LogP contribution in [0.1, 0.15) is 69.1 Å². The fourth-order valence-corrected chi connectivity index (χ4v) is 4.72. The number of ether oxygens (including phenoxy) is 4. The van der Waals surface area contributed by atoms with Gasteiger partial charge in [0.05, 0.1) is 60.8 Å². The number of aliphatic hydroxyl groups is 2. The molecule has 13 nitrogen and oxygen atoms in total. The molecule has 0 aliphatic carbocycles. The van der Waals surface area contributed by atoms with E-state index in [1.165, 1.54) is 4.90 Å². The van der Waals surface area contributed by atoms with E-state index < -0.39 is 42.6 Å². The highest BCUT2D eigenvalue weighted by atomic mass is 16.7. The van der Waals surface area contributed by atoms with Gasteiger partial charge < -0.3 is 29.2 Å². The Labute approximate surface area is 254 Å². The van der Waals surface area contributed by atoms with Crippen molar-refractivity contribution in [2.45, 2.75) is 51.4 Å². The monoisotopic (exact) mass is 612 g/mol. The standard InChI is InChI=1S/C14H15NO4.C11H11NO4.C6H10O3/c1-14(2)18-7-9(8-19-14)15-12(16)10-5-3-4-6-11(10)13(15)17;13-5-7(6-14)12-10(15)8-3-1-2-4-9(8)11(12)16;1-6(2)8-3-5(7)4-9-6/h3-6,9H,7-8H2,1-2H3;1-4,7,13-14H,5-6H2;3-4H2,1-2H3. The first kappa shape index (κ1) is 33.1. The summed E-state index contributed by atoms with van der Waals surface area (Å²) in [6.45, 7) is 7.30. The van der Waals surface area contributed by atoms with Crippen LogP contribution in [0.2, 0.25) is 0 Å². The van der Waals surface area contributed by atoms with Gasteiger partial charge in [-0.3, -0.25) is 33.8 Å². The van der Waals surface area contributed by atoms with Crippen molar-refractivity contribution in [2.24, 2.45) is 0 Å². The molecule has 0 spiro atoms. The Morgan fingerprint density at radius 3 is 1.39 bits per heavy atom. The van der Waals surface area contributed by atoms with E-state index in [9.17, 15) is 24.0 Å². The minimum Gasteiger partial charge on any atom is -0.394 e. The van der Waals surface area contributed by atoms with Gasteiger partial charge in [-0.2, -0.15) is 0 Å². The fourth-order valence-electron chi connectivity index (χ4n) is 4.72. The molecule has 13 heteroatoms. The molecule has 0 radical (unpaired) electrons. The molecule has 2 aromatic rings. The minimum atomic E-state index is -0.868. The molecular weight excluding hydrogens is 576 g/mol. The highest BCUT2D eigenvalue weighted by Gasteiger charge is 2.43. The van der Waals surface area contributed by atoms with E-state index >= 15 is 0 Å². The van der Waals surface area contributed by atoms with Crippen molar-refractivity contribution >= 4 is 29.4 Å². The van der Waals surface area contributed by atoms with Crippen molar-refractivity contribution in [3.05, 3.63) is 70.8 Å². The number of fused-ring (bicyclic) bond motifs is 2. The first-order valence-electron chi connectivity index (χ1n) is 14.0. The number of benzene rings is 2. The van der Waals surface area contributed by atoms with Crippen LogP contribution < -0.4 is 0 Å². The number of ketones is 1. The summed E-state index contributed by atoms with van der Waals surface area (Å²) in [5.41, 5.74) is 1.55. The number of carbonyl (C=O) groups is 5. The number of carbonyl (C=O) groups excluding carboxylic acids is 5. The van der Waals surface area contributed by atoms with Crippen LogP contribution in [0, 0.1) is 0 Å². The number of aliphatic hydroxyl groups excluding tert-OH is 2. The molecular formula is C31H36N2O11. The summed E-state index contributed by atoms with van der Waals surface area (Å²) in [6, 6.07) is 12.1. The average Bonchev–Trinajstić information content (AvgIpc) is 3.41. The Bertz CT molecular complexity index is 1340. The number of rotatable bonds is 4. The predicted molar refractivity (Wildman–Crippen MR) is 153 cm³/mol. The summed E-state index contributed by atoms with van der Waals surface area (Å²) in [5.74, 6) is -2.67. The minimum absolute atomic E-state index is 0.00863. The van der Waals surface area contributed by atoms with Gasteiger partial charge in [0.1, 0.15) is 13.2 Å². The van der Waals surface area contributed by atoms with Crippen LogP contribution in [0.5, 0.6) is 0 Å². The lowest BCUT2D eigenvalue weighted by Crippen LogP contribution is -2.52. The molecule has 0 bridgehead atoms. The topological polar surface area (TPSA) is 169 Å². The largest absolute Gasteiger partial charge is 0.394 e. The zero-order valence-electron chi connectivity index (χ0n) is 25.0. The number of nitrogens with zero attached hydrogens (tertiary/aromatic N) is 2. The van der Waals surface area contributed by atoms with Crippen LogP contribution in [0.4, 0.5) is 0 Å². The van der Waals surface area contributed by atoms with E-state index in [-0.39, 0.29) is 36.9 Å². The SMILES string of the molecule is CC1(C)OCC(=O)CO1.CC1(C)OCC(N2C(=O)c3ccccc3C2=O)CO1.O=C1c2ccccc2C(=O)N1C(CO)CO. The molecule has 2 saturated heterocycles. The zero-order valence-corrected chi connectivity index (χ0v) is 25.0. The molecule has 4 aliphatic heterocycles. The maximum absolute atomic E-state index is 12.3. The summed E-state index contributed by atoms with van der Waals surface area (Å²) in [4.78, 5) is 60.9. The second-order valence-corrected chi connectivity index (χ2v) is 11.3. The third kappa shape index (κ3) is 7.09. The van der Waals surface area contributed by atoms with Gasteiger partial charge >= 0.3 is 0 Å². The number of amides is 4. The van der Waals surface area contributed by atoms with Crippen molar-refractivity contribution in [3.63, 3.8) is 0 Å². The van der Waals surface area contributed by atoms with Gasteiger partial charge in [-0.25, -0.2) is 0 Å². The molecule has 0 aromatic heterocycles. The van der Waals surface area contributed by atoms with Gasteiger partial charge in [0.25, 0.3) is 23.6 Å². The molecule has 2 fully saturated rings. The Kier molecular flexibility index (Phi) is 10.1. The van der Waals surface area contributed by atoms with Crippen molar-refractivity contribution in [1.29, 1.82) is 0 Å². The van der Waals surface area contributed by atoms with Crippen LogP contribution >= 0.6 is 0 Å². The second kappa shape index (κ2) is 13.4. The molecule has 2 aromatic carbocycles. The van der Waals surface area contributed by atoms with Gasteiger partial charge in [0.2, 0.25) is 0 Å². The summed E-state index contributed by atoms with van der Waals surface area (Å²) in [5, 5.41) is 18.0. The van der Waals surface area contributed by atoms with Gasteiger partial charge in [0.15, 0.2) is 17.4 Å². The van der Waals surface area contributed by atoms with E-state index in [0.717, 1.165) is 4.90 Å². The van der Waals surface area contributed by atoms with Gasteiger partial charge in [0, 0.05) is 0 Å². The third-order valence-electron chi connectivity index (χ3n) is 7.21. The molecule has 4 amide bonds. The predicted octanol–water partition coefficient (Wildman–Crippen LogP) is 1.41. The third-order valence-corrected chi connectivity index (χ3v) is 7.21. The first-order chi connectivity index (χ1) is 20.8. The molecule has 0 atom stereocenters. The Morgan fingerprint density at radius 1 is 0.659 bits per heavy atom. The van der Waals surface area contributed by atoms with E-state index in [0.29, 0.717) is 35.5 Å². The Morgan fingerprint density at radius 2 is 1.02 bits per heavy atom. The molecule has 2 N–H and O–H groups in total. The summed E-state index contributed by atoms with van der Waals surface area (Å²) in [6.07, 6.45) is 0. The number of Topliss-reactive ketones (excluding diaryl/α,β-unsaturated/α-hetero) is 1. The molecule has 236 valence electrons. The fraction of sp³-hybridized carbons (Fsp3) is 0.452. The Balaban J connectivity index is 0.000000160. The molecule has 4 heterocycles. The Hall–Kier alpha value is -3.85. The summed E-state index contributed by atoms with van der Waals surface area (Å²) >= 11 is 0. The van der Waals surface area contributed by atoms with Crippen LogP contribution in [0.15, 0.2) is 48.5 Å². The maximum Gasteiger partial charge on any atom is 0.261 e. The van der Waals surface area contributed by atoms with Gasteiger partial charge in [-0.05, 0) is 52.0 Å². The van der Waals surface area contributed by atoms with Crippen molar-refractivity contribution in [2.75, 3.05) is 39.6 Å². The highest BCUT2D eigenvalue weighted by Crippen LogP contribution is 2.28. The van der Waals surface area contributed by atoms with Crippen molar-refractivity contribution in [1.82, 2.24) is 9.80 Å². The average molecular weight is 613 g/mol. The lowest BCUT2D eigenvalue weighted by molar-refractivity contribution is -0.258. The van der Waals surface area contributed by atoms with E-state index in [4.69, 9.17) is 29.2 Å². The highest BCUT2D eigenvalue weighted by molar-refractivity contribution is 6.22. The van der Waals surface area contributed by atoms with Crippen molar-refractivity contribution in [3.8, 4) is 0 Å². The normalized spacial score (nSPS) is 20.6.